The molecule has 0 aliphatic heterocycles. The van der Waals surface area contributed by atoms with E-state index in [0.717, 1.165) is 31.2 Å². The van der Waals surface area contributed by atoms with Gasteiger partial charge in [0.15, 0.2) is 5.78 Å². The van der Waals surface area contributed by atoms with Crippen LogP contribution in [-0.4, -0.2) is 10.9 Å². The predicted octanol–water partition coefficient (Wildman–Crippen LogP) is 3.05. The van der Waals surface area contributed by atoms with E-state index in [9.17, 15) is 9.90 Å². The number of nitrogen functional groups attached to an aromatic ring is 1. The number of aryl methyl sites for hydroxylation is 1. The zero-order chi connectivity index (χ0) is 12.4. The largest absolute Gasteiger partial charge is 0.507 e. The minimum absolute atomic E-state index is 0.0170. The van der Waals surface area contributed by atoms with Gasteiger partial charge in [0.2, 0.25) is 0 Å². The molecule has 0 unspecified atom stereocenters. The summed E-state index contributed by atoms with van der Waals surface area (Å²) >= 11 is 0. The molecule has 3 heteroatoms. The van der Waals surface area contributed by atoms with Gasteiger partial charge in [-0.2, -0.15) is 0 Å². The van der Waals surface area contributed by atoms with Gasteiger partial charge in [0.05, 0.1) is 5.56 Å². The maximum absolute atomic E-state index is 12.4. The Hall–Kier alpha value is -1.51. The molecule has 92 valence electrons. The smallest absolute Gasteiger partial charge is 0.171 e. The number of hydrogen-bond donors (Lipinski definition) is 2. The van der Waals surface area contributed by atoms with Crippen LogP contribution in [0.15, 0.2) is 12.1 Å². The molecular weight excluding hydrogens is 214 g/mol. The number of anilines is 1. The topological polar surface area (TPSA) is 63.3 Å². The van der Waals surface area contributed by atoms with E-state index in [-0.39, 0.29) is 17.5 Å². The fourth-order valence-corrected chi connectivity index (χ4v) is 2.54. The Bertz CT molecular complexity index is 434. The molecule has 0 heterocycles. The Morgan fingerprint density at radius 3 is 2.59 bits per heavy atom. The van der Waals surface area contributed by atoms with Crippen molar-refractivity contribution >= 4 is 11.5 Å². The van der Waals surface area contributed by atoms with E-state index < -0.39 is 0 Å². The van der Waals surface area contributed by atoms with Gasteiger partial charge in [-0.25, -0.2) is 0 Å². The van der Waals surface area contributed by atoms with E-state index >= 15 is 0 Å². The third-order valence-corrected chi connectivity index (χ3v) is 3.66. The highest BCUT2D eigenvalue weighted by Crippen LogP contribution is 2.33. The van der Waals surface area contributed by atoms with Crippen LogP contribution in [0.5, 0.6) is 5.75 Å². The van der Waals surface area contributed by atoms with Gasteiger partial charge in [-0.05, 0) is 31.4 Å². The lowest BCUT2D eigenvalue weighted by molar-refractivity contribution is 0.0887. The normalized spacial score (nSPS) is 17.0. The first-order valence-corrected chi connectivity index (χ1v) is 6.23. The number of nitrogens with two attached hydrogens (primary N) is 1. The number of carbonyl (C=O) groups excluding carboxylic acids is 1. The lowest BCUT2D eigenvalue weighted by Gasteiger charge is -2.21. The Kier molecular flexibility index (Phi) is 3.36. The molecule has 0 radical (unpaired) electrons. The number of ketones is 1. The second kappa shape index (κ2) is 4.78. The summed E-state index contributed by atoms with van der Waals surface area (Å²) in [5.41, 5.74) is 7.52. The number of benzene rings is 1. The van der Waals surface area contributed by atoms with Crippen LogP contribution in [-0.2, 0) is 0 Å². The van der Waals surface area contributed by atoms with Gasteiger partial charge in [-0.15, -0.1) is 0 Å². The minimum atomic E-state index is 0.0170. The van der Waals surface area contributed by atoms with Gasteiger partial charge in [0.25, 0.3) is 0 Å². The standard InChI is InChI=1S/C14H19NO2/c1-9-7-8-11(16)12(13(9)15)14(17)10-5-3-2-4-6-10/h7-8,10,16H,2-6,15H2,1H3. The molecule has 0 atom stereocenters. The molecule has 1 aromatic carbocycles. The predicted molar refractivity (Wildman–Crippen MR) is 68.2 cm³/mol. The second-order valence-corrected chi connectivity index (χ2v) is 4.89. The molecule has 0 amide bonds. The summed E-state index contributed by atoms with van der Waals surface area (Å²) in [4.78, 5) is 12.4. The van der Waals surface area contributed by atoms with Gasteiger partial charge in [-0.1, -0.05) is 25.3 Å². The first-order valence-electron chi connectivity index (χ1n) is 6.23. The molecule has 0 bridgehead atoms. The van der Waals surface area contributed by atoms with Crippen molar-refractivity contribution in [3.05, 3.63) is 23.3 Å². The fourth-order valence-electron chi connectivity index (χ4n) is 2.54. The second-order valence-electron chi connectivity index (χ2n) is 4.89. The molecule has 0 saturated heterocycles. The molecule has 0 aromatic heterocycles. The van der Waals surface area contributed by atoms with Gasteiger partial charge in [-0.3, -0.25) is 4.79 Å². The highest BCUT2D eigenvalue weighted by atomic mass is 16.3. The number of Topliss-reactive ketones (excluding diaryl/α,β-unsaturated/α-hetero) is 1. The maximum atomic E-state index is 12.4. The number of phenols is 1. The van der Waals surface area contributed by atoms with Crippen LogP contribution in [0.2, 0.25) is 0 Å². The number of rotatable bonds is 2. The lowest BCUT2D eigenvalue weighted by Crippen LogP contribution is -2.19. The molecule has 1 aromatic rings. The Morgan fingerprint density at radius 1 is 1.29 bits per heavy atom. The van der Waals surface area contributed by atoms with E-state index in [1.54, 1.807) is 12.1 Å². The van der Waals surface area contributed by atoms with Crippen LogP contribution in [0.3, 0.4) is 0 Å². The van der Waals surface area contributed by atoms with Gasteiger partial charge in [0, 0.05) is 11.6 Å². The molecule has 1 aliphatic rings. The summed E-state index contributed by atoms with van der Waals surface area (Å²) in [5, 5.41) is 9.82. The van der Waals surface area contributed by atoms with Crippen molar-refractivity contribution in [3.8, 4) is 5.75 Å². The van der Waals surface area contributed by atoms with E-state index in [2.05, 4.69) is 0 Å². The summed E-state index contributed by atoms with van der Waals surface area (Å²) in [5.74, 6) is 0.0748. The summed E-state index contributed by atoms with van der Waals surface area (Å²) in [6.07, 6.45) is 5.25. The van der Waals surface area contributed by atoms with Crippen LogP contribution in [0.1, 0.15) is 48.0 Å². The summed E-state index contributed by atoms with van der Waals surface area (Å²) in [6, 6.07) is 3.30. The molecule has 1 fully saturated rings. The van der Waals surface area contributed by atoms with Crippen LogP contribution in [0, 0.1) is 12.8 Å². The highest BCUT2D eigenvalue weighted by Gasteiger charge is 2.26. The van der Waals surface area contributed by atoms with Crippen LogP contribution >= 0.6 is 0 Å². The first-order chi connectivity index (χ1) is 8.11. The summed E-state index contributed by atoms with van der Waals surface area (Å²) < 4.78 is 0. The quantitative estimate of drug-likeness (QED) is 0.609. The molecule has 3 nitrogen and oxygen atoms in total. The van der Waals surface area contributed by atoms with E-state index in [1.807, 2.05) is 6.92 Å². The van der Waals surface area contributed by atoms with E-state index in [4.69, 9.17) is 5.73 Å². The molecule has 1 saturated carbocycles. The minimum Gasteiger partial charge on any atom is -0.507 e. The van der Waals surface area contributed by atoms with Crippen LogP contribution < -0.4 is 5.73 Å². The number of carbonyl (C=O) groups is 1. The third kappa shape index (κ3) is 2.28. The van der Waals surface area contributed by atoms with Crippen molar-refractivity contribution in [2.24, 2.45) is 5.92 Å². The lowest BCUT2D eigenvalue weighted by atomic mass is 9.83. The molecule has 0 spiro atoms. The average Bonchev–Trinajstić information content (AvgIpc) is 2.35. The third-order valence-electron chi connectivity index (χ3n) is 3.66. The number of hydrogen-bond acceptors (Lipinski definition) is 3. The van der Waals surface area contributed by atoms with E-state index in [0.29, 0.717) is 11.3 Å². The van der Waals surface area contributed by atoms with Crippen molar-refractivity contribution in [2.75, 3.05) is 5.73 Å². The van der Waals surface area contributed by atoms with Crippen molar-refractivity contribution < 1.29 is 9.90 Å². The number of phenolic OH excluding ortho intramolecular Hbond substituents is 1. The van der Waals surface area contributed by atoms with Crippen molar-refractivity contribution in [2.45, 2.75) is 39.0 Å². The average molecular weight is 233 g/mol. The zero-order valence-corrected chi connectivity index (χ0v) is 10.2. The highest BCUT2D eigenvalue weighted by molar-refractivity contribution is 6.05. The fraction of sp³-hybridized carbons (Fsp3) is 0.500. The Labute approximate surface area is 102 Å². The SMILES string of the molecule is Cc1ccc(O)c(C(=O)C2CCCCC2)c1N. The monoisotopic (exact) mass is 233 g/mol. The maximum Gasteiger partial charge on any atom is 0.171 e. The Morgan fingerprint density at radius 2 is 1.94 bits per heavy atom. The number of aromatic hydroxyl groups is 1. The van der Waals surface area contributed by atoms with E-state index in [1.165, 1.54) is 6.42 Å². The molecular formula is C14H19NO2. The molecule has 17 heavy (non-hydrogen) atoms. The molecule has 1 aliphatic carbocycles. The van der Waals surface area contributed by atoms with Gasteiger partial charge in [0.1, 0.15) is 5.75 Å². The van der Waals surface area contributed by atoms with Crippen molar-refractivity contribution in [1.29, 1.82) is 0 Å². The van der Waals surface area contributed by atoms with Crippen molar-refractivity contribution in [3.63, 3.8) is 0 Å². The molecule has 2 rings (SSSR count). The van der Waals surface area contributed by atoms with Crippen LogP contribution in [0.4, 0.5) is 5.69 Å². The molecule has 3 N–H and O–H groups in total. The van der Waals surface area contributed by atoms with Crippen LogP contribution in [0.25, 0.3) is 0 Å². The Balaban J connectivity index is 2.32. The van der Waals surface area contributed by atoms with Crippen molar-refractivity contribution in [1.82, 2.24) is 0 Å². The summed E-state index contributed by atoms with van der Waals surface area (Å²) in [6.45, 7) is 1.85. The first kappa shape index (κ1) is 12.0. The summed E-state index contributed by atoms with van der Waals surface area (Å²) in [7, 11) is 0. The van der Waals surface area contributed by atoms with Gasteiger partial charge < -0.3 is 10.8 Å². The van der Waals surface area contributed by atoms with Gasteiger partial charge >= 0.3 is 0 Å². The zero-order valence-electron chi connectivity index (χ0n) is 10.2.